The van der Waals surface area contributed by atoms with Crippen molar-refractivity contribution in [3.05, 3.63) is 0 Å². The molecule has 0 aromatic heterocycles. The van der Waals surface area contributed by atoms with Gasteiger partial charge in [-0.3, -0.25) is 0 Å². The molecule has 0 aliphatic carbocycles. The third-order valence-electron chi connectivity index (χ3n) is 2.87. The molecule has 0 aromatic carbocycles. The van der Waals surface area contributed by atoms with Crippen LogP contribution in [0.4, 0.5) is 0 Å². The largest absolute Gasteiger partial charge is 0.360 e. The second-order valence-corrected chi connectivity index (χ2v) is 11.2. The van der Waals surface area contributed by atoms with Gasteiger partial charge >= 0.3 is 0 Å². The number of rotatable bonds is 4. The molecule has 0 atom stereocenters. The van der Waals surface area contributed by atoms with Gasteiger partial charge in [0.05, 0.1) is 0 Å². The first-order chi connectivity index (χ1) is 6.12. The second-order valence-electron chi connectivity index (χ2n) is 3.97. The molecule has 1 heterocycles. The van der Waals surface area contributed by atoms with Crippen molar-refractivity contribution in [2.24, 2.45) is 0 Å². The van der Waals surface area contributed by atoms with Crippen molar-refractivity contribution in [2.75, 3.05) is 13.1 Å². The molecule has 0 N–H and O–H groups in total. The zero-order valence-corrected chi connectivity index (χ0v) is 12.2. The van der Waals surface area contributed by atoms with E-state index in [-0.39, 0.29) is 0 Å². The first-order valence-electron chi connectivity index (χ1n) is 5.03. The van der Waals surface area contributed by atoms with Crippen molar-refractivity contribution in [3.63, 3.8) is 0 Å². The van der Waals surface area contributed by atoms with Gasteiger partial charge in [0.1, 0.15) is 19.4 Å². The lowest BCUT2D eigenvalue weighted by atomic mass is 10.4. The van der Waals surface area contributed by atoms with Crippen molar-refractivity contribution >= 4 is 27.8 Å². The predicted molar refractivity (Wildman–Crippen MR) is 63.4 cm³/mol. The summed E-state index contributed by atoms with van der Waals surface area (Å²) in [5.41, 5.74) is 0. The minimum atomic E-state index is -1.21. The summed E-state index contributed by atoms with van der Waals surface area (Å²) in [6.07, 6.45) is 2.84. The molecular formula is C8H20N2Si3. The van der Waals surface area contributed by atoms with Crippen molar-refractivity contribution in [1.82, 2.24) is 8.46 Å². The van der Waals surface area contributed by atoms with E-state index < -0.39 is 8.40 Å². The Kier molecular flexibility index (Phi) is 4.37. The molecule has 1 aliphatic rings. The molecule has 0 bridgehead atoms. The lowest BCUT2D eigenvalue weighted by Gasteiger charge is -2.42. The van der Waals surface area contributed by atoms with Gasteiger partial charge in [-0.2, -0.15) is 0 Å². The van der Waals surface area contributed by atoms with E-state index in [1.807, 2.05) is 0 Å². The Morgan fingerprint density at radius 1 is 1.08 bits per heavy atom. The van der Waals surface area contributed by atoms with E-state index in [4.69, 9.17) is 0 Å². The maximum absolute atomic E-state index is 2.76. The SMILES string of the molecule is C[Si]N([Si]C)[Si](C)(C)N1CCCC1. The van der Waals surface area contributed by atoms with Gasteiger partial charge < -0.3 is 8.46 Å². The van der Waals surface area contributed by atoms with E-state index in [1.165, 1.54) is 25.9 Å². The highest BCUT2D eigenvalue weighted by atomic mass is 28.4. The number of nitrogens with zero attached hydrogens (tertiary/aromatic N) is 2. The summed E-state index contributed by atoms with van der Waals surface area (Å²) in [7, 11) is 0.777. The van der Waals surface area contributed by atoms with Crippen molar-refractivity contribution in [2.45, 2.75) is 39.0 Å². The van der Waals surface area contributed by atoms with Crippen molar-refractivity contribution in [3.8, 4) is 0 Å². The molecule has 0 spiro atoms. The minimum absolute atomic E-state index is 0.993. The average Bonchev–Trinajstić information content (AvgIpc) is 2.58. The number of hydrogen-bond donors (Lipinski definition) is 0. The minimum Gasteiger partial charge on any atom is -0.360 e. The van der Waals surface area contributed by atoms with Crippen LogP contribution in [-0.4, -0.2) is 49.3 Å². The zero-order chi connectivity index (χ0) is 9.90. The summed E-state index contributed by atoms with van der Waals surface area (Å²) >= 11 is 0. The highest BCUT2D eigenvalue weighted by Crippen LogP contribution is 2.19. The van der Waals surface area contributed by atoms with E-state index in [0.717, 1.165) is 19.4 Å². The molecule has 0 aromatic rings. The van der Waals surface area contributed by atoms with E-state index >= 15 is 0 Å². The van der Waals surface area contributed by atoms with Gasteiger partial charge in [-0.1, -0.05) is 13.1 Å². The second kappa shape index (κ2) is 4.88. The third-order valence-corrected chi connectivity index (χ3v) is 12.8. The van der Waals surface area contributed by atoms with Gasteiger partial charge in [0.25, 0.3) is 0 Å². The fraction of sp³-hybridized carbons (Fsp3) is 1.00. The molecular weight excluding hydrogens is 208 g/mol. The van der Waals surface area contributed by atoms with Crippen LogP contribution >= 0.6 is 0 Å². The first-order valence-corrected chi connectivity index (χ1v) is 10.8. The maximum atomic E-state index is 2.76. The maximum Gasteiger partial charge on any atom is 0.186 e. The van der Waals surface area contributed by atoms with E-state index in [0.29, 0.717) is 0 Å². The van der Waals surface area contributed by atoms with E-state index in [1.54, 1.807) is 0 Å². The Bertz CT molecular complexity index is 149. The highest BCUT2D eigenvalue weighted by molar-refractivity contribution is 6.84. The van der Waals surface area contributed by atoms with Crippen LogP contribution < -0.4 is 0 Å². The van der Waals surface area contributed by atoms with Crippen LogP contribution in [0.2, 0.25) is 26.2 Å². The van der Waals surface area contributed by atoms with Gasteiger partial charge in [0.2, 0.25) is 0 Å². The van der Waals surface area contributed by atoms with Gasteiger partial charge in [0.15, 0.2) is 8.40 Å². The predicted octanol–water partition coefficient (Wildman–Crippen LogP) is 1.42. The van der Waals surface area contributed by atoms with E-state index in [9.17, 15) is 0 Å². The molecule has 1 aliphatic heterocycles. The van der Waals surface area contributed by atoms with Crippen LogP contribution in [0.15, 0.2) is 0 Å². The van der Waals surface area contributed by atoms with Crippen LogP contribution in [-0.2, 0) is 0 Å². The molecule has 4 radical (unpaired) electrons. The van der Waals surface area contributed by atoms with Crippen LogP contribution in [0.25, 0.3) is 0 Å². The molecule has 1 rings (SSSR count). The summed E-state index contributed by atoms with van der Waals surface area (Å²) in [6.45, 7) is 12.4. The summed E-state index contributed by atoms with van der Waals surface area (Å²) in [6, 6.07) is 0. The third kappa shape index (κ3) is 2.53. The molecule has 5 heteroatoms. The van der Waals surface area contributed by atoms with E-state index in [2.05, 4.69) is 34.7 Å². The molecule has 13 heavy (non-hydrogen) atoms. The fourth-order valence-corrected chi connectivity index (χ4v) is 9.88. The molecule has 1 fully saturated rings. The Labute approximate surface area is 88.7 Å². The smallest absolute Gasteiger partial charge is 0.186 e. The quantitative estimate of drug-likeness (QED) is 0.672. The normalized spacial score (nSPS) is 20.1. The summed E-state index contributed by atoms with van der Waals surface area (Å²) in [5, 5.41) is 0. The lowest BCUT2D eigenvalue weighted by Crippen LogP contribution is -2.62. The van der Waals surface area contributed by atoms with Crippen molar-refractivity contribution < 1.29 is 0 Å². The van der Waals surface area contributed by atoms with Crippen molar-refractivity contribution in [1.29, 1.82) is 0 Å². The Morgan fingerprint density at radius 3 is 1.92 bits per heavy atom. The standard InChI is InChI=1S/C8H20N2Si3/c1-11-10(12-2)13(3,4)9-7-5-6-8-9/h5-8H2,1-4H3. The highest BCUT2D eigenvalue weighted by Gasteiger charge is 2.35. The Balaban J connectivity index is 2.60. The topological polar surface area (TPSA) is 6.48 Å². The first kappa shape index (κ1) is 11.6. The van der Waals surface area contributed by atoms with Crippen LogP contribution in [0, 0.1) is 0 Å². The monoisotopic (exact) mass is 228 g/mol. The molecule has 2 nitrogen and oxygen atoms in total. The molecule has 0 saturated carbocycles. The molecule has 0 unspecified atom stereocenters. The molecule has 74 valence electrons. The average molecular weight is 229 g/mol. The summed E-state index contributed by atoms with van der Waals surface area (Å²) in [4.78, 5) is 0. The number of hydrogen-bond acceptors (Lipinski definition) is 2. The van der Waals surface area contributed by atoms with Crippen LogP contribution in [0.5, 0.6) is 0 Å². The summed E-state index contributed by atoms with van der Waals surface area (Å²) in [5.74, 6) is 0. The van der Waals surface area contributed by atoms with Gasteiger partial charge in [-0.15, -0.1) is 0 Å². The Morgan fingerprint density at radius 2 is 1.54 bits per heavy atom. The van der Waals surface area contributed by atoms with Gasteiger partial charge in [-0.25, -0.2) is 0 Å². The zero-order valence-electron chi connectivity index (χ0n) is 9.22. The van der Waals surface area contributed by atoms with Crippen LogP contribution in [0.1, 0.15) is 12.8 Å². The Hall–Kier alpha value is 0.571. The van der Waals surface area contributed by atoms with Crippen LogP contribution in [0.3, 0.4) is 0 Å². The fourth-order valence-electron chi connectivity index (χ4n) is 2.06. The molecule has 0 amide bonds. The van der Waals surface area contributed by atoms with Gasteiger partial charge in [-0.05, 0) is 39.0 Å². The summed E-state index contributed by atoms with van der Waals surface area (Å²) < 4.78 is 5.50. The molecule has 1 saturated heterocycles. The lowest BCUT2D eigenvalue weighted by molar-refractivity contribution is 0.496. The van der Waals surface area contributed by atoms with Gasteiger partial charge in [0, 0.05) is 0 Å².